The first-order chi connectivity index (χ1) is 9.24. The van der Waals surface area contributed by atoms with Gasteiger partial charge < -0.3 is 15.2 Å². The molecule has 0 saturated heterocycles. The SMILES string of the molecule is CC(O)CNC(=O)OC(C)(C)C.CCc1ccccc1. The first-order valence-corrected chi connectivity index (χ1v) is 6.93. The lowest BCUT2D eigenvalue weighted by atomic mass is 10.2. The van der Waals surface area contributed by atoms with Crippen molar-refractivity contribution in [2.24, 2.45) is 0 Å². The maximum Gasteiger partial charge on any atom is 0.407 e. The molecular weight excluding hydrogens is 254 g/mol. The van der Waals surface area contributed by atoms with Gasteiger partial charge in [-0.05, 0) is 39.7 Å². The number of nitrogens with one attached hydrogen (secondary N) is 1. The second kappa shape index (κ2) is 9.37. The number of alkyl carbamates (subject to hydrolysis) is 1. The van der Waals surface area contributed by atoms with Gasteiger partial charge in [-0.25, -0.2) is 4.79 Å². The lowest BCUT2D eigenvalue weighted by Crippen LogP contribution is -2.36. The van der Waals surface area contributed by atoms with E-state index >= 15 is 0 Å². The molecule has 0 aliphatic carbocycles. The molecule has 114 valence electrons. The molecule has 0 aliphatic heterocycles. The number of hydrogen-bond donors (Lipinski definition) is 2. The van der Waals surface area contributed by atoms with E-state index < -0.39 is 17.8 Å². The zero-order chi connectivity index (χ0) is 15.6. The van der Waals surface area contributed by atoms with E-state index in [4.69, 9.17) is 9.84 Å². The molecule has 1 amide bonds. The van der Waals surface area contributed by atoms with Crippen molar-refractivity contribution >= 4 is 6.09 Å². The zero-order valence-electron chi connectivity index (χ0n) is 13.1. The fraction of sp³-hybridized carbons (Fsp3) is 0.562. The maximum atomic E-state index is 10.9. The quantitative estimate of drug-likeness (QED) is 0.895. The standard InChI is InChI=1S/C8H17NO3.C8H10/c1-6(10)5-9-7(11)12-8(2,3)4;1-2-8-6-4-3-5-7-8/h6,10H,5H2,1-4H3,(H,9,11);3-7H,2H2,1H3. The van der Waals surface area contributed by atoms with Gasteiger partial charge in [0.25, 0.3) is 0 Å². The lowest BCUT2D eigenvalue weighted by molar-refractivity contribution is 0.0498. The van der Waals surface area contributed by atoms with Crippen molar-refractivity contribution in [3.05, 3.63) is 35.9 Å². The normalized spacial score (nSPS) is 11.9. The summed E-state index contributed by atoms with van der Waals surface area (Å²) in [5, 5.41) is 11.3. The number of aliphatic hydroxyl groups is 1. The molecule has 20 heavy (non-hydrogen) atoms. The molecule has 0 aromatic heterocycles. The summed E-state index contributed by atoms with van der Waals surface area (Å²) in [4.78, 5) is 10.9. The number of aryl methyl sites for hydroxylation is 1. The Morgan fingerprint density at radius 2 is 1.85 bits per heavy atom. The number of carbonyl (C=O) groups excluding carboxylic acids is 1. The molecule has 4 heteroatoms. The predicted octanol–water partition coefficient (Wildman–Crippen LogP) is 3.14. The highest BCUT2D eigenvalue weighted by molar-refractivity contribution is 5.67. The molecule has 0 aliphatic rings. The van der Waals surface area contributed by atoms with Gasteiger partial charge >= 0.3 is 6.09 Å². The van der Waals surface area contributed by atoms with Crippen LogP contribution >= 0.6 is 0 Å². The summed E-state index contributed by atoms with van der Waals surface area (Å²) in [6.07, 6.45) is 0.0989. The first-order valence-electron chi connectivity index (χ1n) is 6.93. The Kier molecular flexibility index (Phi) is 8.64. The molecule has 0 fully saturated rings. The van der Waals surface area contributed by atoms with Gasteiger partial charge in [0.1, 0.15) is 5.60 Å². The Morgan fingerprint density at radius 3 is 2.20 bits per heavy atom. The van der Waals surface area contributed by atoms with Crippen LogP contribution in [0.4, 0.5) is 4.79 Å². The first kappa shape index (κ1) is 18.4. The molecule has 1 atom stereocenters. The molecular formula is C16H27NO3. The summed E-state index contributed by atoms with van der Waals surface area (Å²) in [6, 6.07) is 10.5. The molecule has 1 rings (SSSR count). The van der Waals surface area contributed by atoms with Gasteiger partial charge in [0.2, 0.25) is 0 Å². The van der Waals surface area contributed by atoms with E-state index in [0.717, 1.165) is 6.42 Å². The fourth-order valence-electron chi connectivity index (χ4n) is 1.26. The molecule has 4 nitrogen and oxygen atoms in total. The van der Waals surface area contributed by atoms with Crippen molar-refractivity contribution in [1.82, 2.24) is 5.32 Å². The van der Waals surface area contributed by atoms with Gasteiger partial charge in [-0.3, -0.25) is 0 Å². The van der Waals surface area contributed by atoms with Crippen LogP contribution in [-0.4, -0.2) is 29.4 Å². The molecule has 1 aromatic rings. The number of amides is 1. The fourth-order valence-corrected chi connectivity index (χ4v) is 1.26. The van der Waals surface area contributed by atoms with Gasteiger partial charge in [0.15, 0.2) is 0 Å². The number of carbonyl (C=O) groups is 1. The number of rotatable bonds is 3. The smallest absolute Gasteiger partial charge is 0.407 e. The maximum absolute atomic E-state index is 10.9. The monoisotopic (exact) mass is 281 g/mol. The summed E-state index contributed by atoms with van der Waals surface area (Å²) in [6.45, 7) is 9.33. The lowest BCUT2D eigenvalue weighted by Gasteiger charge is -2.19. The Bertz CT molecular complexity index is 369. The van der Waals surface area contributed by atoms with Gasteiger partial charge in [-0.1, -0.05) is 37.3 Å². The topological polar surface area (TPSA) is 58.6 Å². The van der Waals surface area contributed by atoms with Crippen molar-refractivity contribution < 1.29 is 14.6 Å². The summed E-state index contributed by atoms with van der Waals surface area (Å²) < 4.78 is 4.93. The van der Waals surface area contributed by atoms with Crippen molar-refractivity contribution in [1.29, 1.82) is 0 Å². The van der Waals surface area contributed by atoms with E-state index in [0.29, 0.717) is 0 Å². The van der Waals surface area contributed by atoms with E-state index in [1.807, 2.05) is 6.07 Å². The highest BCUT2D eigenvalue weighted by Crippen LogP contribution is 2.06. The van der Waals surface area contributed by atoms with Crippen LogP contribution in [0.3, 0.4) is 0 Å². The van der Waals surface area contributed by atoms with Crippen molar-refractivity contribution in [2.45, 2.75) is 52.7 Å². The number of hydrogen-bond acceptors (Lipinski definition) is 3. The Morgan fingerprint density at radius 1 is 1.30 bits per heavy atom. The molecule has 1 unspecified atom stereocenters. The van der Waals surface area contributed by atoms with Crippen LogP contribution < -0.4 is 5.32 Å². The molecule has 0 spiro atoms. The summed E-state index contributed by atoms with van der Waals surface area (Å²) in [5.41, 5.74) is 0.926. The van der Waals surface area contributed by atoms with Gasteiger partial charge in [-0.2, -0.15) is 0 Å². The van der Waals surface area contributed by atoms with Crippen LogP contribution in [0.2, 0.25) is 0 Å². The third-order valence-corrected chi connectivity index (χ3v) is 2.19. The highest BCUT2D eigenvalue weighted by atomic mass is 16.6. The van der Waals surface area contributed by atoms with Gasteiger partial charge in [0, 0.05) is 6.54 Å². The summed E-state index contributed by atoms with van der Waals surface area (Å²) >= 11 is 0. The van der Waals surface area contributed by atoms with Gasteiger partial charge in [0.05, 0.1) is 6.10 Å². The molecule has 0 saturated carbocycles. The number of aliphatic hydroxyl groups excluding tert-OH is 1. The van der Waals surface area contributed by atoms with Crippen LogP contribution in [0.1, 0.15) is 40.2 Å². The summed E-state index contributed by atoms with van der Waals surface area (Å²) in [7, 11) is 0. The van der Waals surface area contributed by atoms with Crippen LogP contribution in [0.25, 0.3) is 0 Å². The largest absolute Gasteiger partial charge is 0.444 e. The average Bonchev–Trinajstić information content (AvgIpc) is 2.36. The number of ether oxygens (including phenoxy) is 1. The Balaban J connectivity index is 0.000000388. The third kappa shape index (κ3) is 11.5. The Hall–Kier alpha value is -1.55. The summed E-state index contributed by atoms with van der Waals surface area (Å²) in [5.74, 6) is 0. The van der Waals surface area contributed by atoms with E-state index in [2.05, 4.69) is 36.5 Å². The average molecular weight is 281 g/mol. The van der Waals surface area contributed by atoms with Crippen LogP contribution in [0, 0.1) is 0 Å². The second-order valence-corrected chi connectivity index (χ2v) is 5.57. The molecule has 0 heterocycles. The molecule has 1 aromatic carbocycles. The Labute approximate surface area is 122 Å². The third-order valence-electron chi connectivity index (χ3n) is 2.19. The number of benzene rings is 1. The minimum atomic E-state index is -0.544. The predicted molar refractivity (Wildman–Crippen MR) is 81.7 cm³/mol. The van der Waals surface area contributed by atoms with Crippen molar-refractivity contribution in [2.75, 3.05) is 6.54 Å². The van der Waals surface area contributed by atoms with Gasteiger partial charge in [-0.15, -0.1) is 0 Å². The van der Waals surface area contributed by atoms with Crippen LogP contribution in [-0.2, 0) is 11.2 Å². The van der Waals surface area contributed by atoms with E-state index in [1.54, 1.807) is 27.7 Å². The van der Waals surface area contributed by atoms with E-state index in [-0.39, 0.29) is 6.54 Å². The van der Waals surface area contributed by atoms with Crippen molar-refractivity contribution in [3.8, 4) is 0 Å². The second-order valence-electron chi connectivity index (χ2n) is 5.57. The molecule has 0 bridgehead atoms. The molecule has 2 N–H and O–H groups in total. The molecule has 0 radical (unpaired) electrons. The van der Waals surface area contributed by atoms with Crippen LogP contribution in [0.15, 0.2) is 30.3 Å². The van der Waals surface area contributed by atoms with Crippen molar-refractivity contribution in [3.63, 3.8) is 0 Å². The van der Waals surface area contributed by atoms with Crippen LogP contribution in [0.5, 0.6) is 0 Å². The zero-order valence-corrected chi connectivity index (χ0v) is 13.1. The minimum absolute atomic E-state index is 0.217. The van der Waals surface area contributed by atoms with E-state index in [9.17, 15) is 4.79 Å². The highest BCUT2D eigenvalue weighted by Gasteiger charge is 2.15. The van der Waals surface area contributed by atoms with E-state index in [1.165, 1.54) is 5.56 Å². The minimum Gasteiger partial charge on any atom is -0.444 e.